The fourth-order valence-corrected chi connectivity index (χ4v) is 2.80. The van der Waals surface area contributed by atoms with Gasteiger partial charge in [0.2, 0.25) is 5.95 Å². The van der Waals surface area contributed by atoms with Crippen LogP contribution in [0, 0.1) is 0 Å². The molecule has 0 amide bonds. The normalized spacial score (nSPS) is 17.2. The van der Waals surface area contributed by atoms with Crippen LogP contribution in [0.1, 0.15) is 19.8 Å². The van der Waals surface area contributed by atoms with E-state index in [0.29, 0.717) is 19.7 Å². The topological polar surface area (TPSA) is 100 Å². The van der Waals surface area contributed by atoms with Crippen LogP contribution in [0.2, 0.25) is 0 Å². The molecule has 1 aromatic heterocycles. The molecule has 0 aliphatic carbocycles. The monoisotopic (exact) mass is 261 g/mol. The summed E-state index contributed by atoms with van der Waals surface area (Å²) in [7, 11) is -3.52. The summed E-state index contributed by atoms with van der Waals surface area (Å²) < 4.78 is 32.4. The van der Waals surface area contributed by atoms with E-state index < -0.39 is 10.2 Å². The molecule has 96 valence electrons. The largest absolute Gasteiger partial charge is 0.463 e. The minimum Gasteiger partial charge on any atom is -0.463 e. The molecule has 0 bridgehead atoms. The first kappa shape index (κ1) is 12.1. The summed E-state index contributed by atoms with van der Waals surface area (Å²) >= 11 is 0. The van der Waals surface area contributed by atoms with Crippen LogP contribution >= 0.6 is 0 Å². The molecule has 8 nitrogen and oxygen atoms in total. The van der Waals surface area contributed by atoms with Crippen molar-refractivity contribution in [3.63, 3.8) is 0 Å². The molecule has 0 aromatic carbocycles. The molecule has 1 aliphatic rings. The first-order valence-corrected chi connectivity index (χ1v) is 6.89. The summed E-state index contributed by atoms with van der Waals surface area (Å²) in [5, 5.41) is 6.18. The highest BCUT2D eigenvalue weighted by atomic mass is 32.2. The number of hydrogen-bond donors (Lipinski definition) is 2. The van der Waals surface area contributed by atoms with Crippen LogP contribution in [0.15, 0.2) is 0 Å². The van der Waals surface area contributed by atoms with Gasteiger partial charge in [-0.3, -0.25) is 0 Å². The molecule has 2 heterocycles. The molecule has 1 fully saturated rings. The lowest BCUT2D eigenvalue weighted by atomic mass is 10.4. The van der Waals surface area contributed by atoms with Gasteiger partial charge in [0, 0.05) is 13.1 Å². The van der Waals surface area contributed by atoms with Crippen molar-refractivity contribution in [3.8, 4) is 6.01 Å². The predicted molar refractivity (Wildman–Crippen MR) is 60.9 cm³/mol. The molecule has 0 atom stereocenters. The van der Waals surface area contributed by atoms with Crippen LogP contribution in [0.5, 0.6) is 6.01 Å². The van der Waals surface area contributed by atoms with Gasteiger partial charge < -0.3 is 4.74 Å². The number of nitrogens with zero attached hydrogens (tertiary/aromatic N) is 3. The molecule has 0 radical (unpaired) electrons. The van der Waals surface area contributed by atoms with Crippen molar-refractivity contribution in [2.75, 3.05) is 24.4 Å². The highest BCUT2D eigenvalue weighted by Gasteiger charge is 2.26. The third-order valence-corrected chi connectivity index (χ3v) is 3.87. The zero-order valence-electron chi connectivity index (χ0n) is 9.51. The van der Waals surface area contributed by atoms with Crippen LogP contribution in [0.25, 0.3) is 0 Å². The third-order valence-electron chi connectivity index (χ3n) is 2.37. The molecule has 2 N–H and O–H groups in total. The number of H-pyrrole nitrogens is 1. The van der Waals surface area contributed by atoms with Gasteiger partial charge in [0.05, 0.1) is 6.61 Å². The second-order valence-electron chi connectivity index (χ2n) is 3.61. The van der Waals surface area contributed by atoms with Crippen LogP contribution in [0.4, 0.5) is 5.95 Å². The zero-order valence-corrected chi connectivity index (χ0v) is 10.3. The molecule has 17 heavy (non-hydrogen) atoms. The van der Waals surface area contributed by atoms with Gasteiger partial charge in [0.1, 0.15) is 0 Å². The van der Waals surface area contributed by atoms with Crippen molar-refractivity contribution in [1.82, 2.24) is 19.5 Å². The molecular weight excluding hydrogens is 246 g/mol. The highest BCUT2D eigenvalue weighted by Crippen LogP contribution is 2.15. The maximum atomic E-state index is 11.9. The van der Waals surface area contributed by atoms with Gasteiger partial charge in [-0.05, 0) is 19.8 Å². The van der Waals surface area contributed by atoms with E-state index in [4.69, 9.17) is 4.74 Å². The van der Waals surface area contributed by atoms with E-state index in [0.717, 1.165) is 12.8 Å². The Balaban J connectivity index is 2.03. The van der Waals surface area contributed by atoms with Gasteiger partial charge in [-0.2, -0.15) is 17.7 Å². The first-order valence-electron chi connectivity index (χ1n) is 5.45. The Hall–Kier alpha value is -1.35. The first-order chi connectivity index (χ1) is 8.12. The van der Waals surface area contributed by atoms with E-state index in [2.05, 4.69) is 19.9 Å². The summed E-state index contributed by atoms with van der Waals surface area (Å²) in [4.78, 5) is 3.85. The molecule has 0 unspecified atom stereocenters. The molecule has 1 aromatic rings. The number of nitrogens with one attached hydrogen (secondary N) is 2. The van der Waals surface area contributed by atoms with Gasteiger partial charge in [-0.1, -0.05) is 0 Å². The Morgan fingerprint density at radius 1 is 1.47 bits per heavy atom. The van der Waals surface area contributed by atoms with Crippen molar-refractivity contribution in [3.05, 3.63) is 0 Å². The lowest BCUT2D eigenvalue weighted by molar-refractivity contribution is 0.314. The van der Waals surface area contributed by atoms with E-state index in [1.807, 2.05) is 0 Å². The van der Waals surface area contributed by atoms with Crippen molar-refractivity contribution in [2.24, 2.45) is 0 Å². The number of ether oxygens (including phenoxy) is 1. The van der Waals surface area contributed by atoms with Gasteiger partial charge in [0.25, 0.3) is 0 Å². The fourth-order valence-electron chi connectivity index (χ4n) is 1.60. The van der Waals surface area contributed by atoms with Crippen LogP contribution in [-0.4, -0.2) is 47.6 Å². The fraction of sp³-hybridized carbons (Fsp3) is 0.750. The van der Waals surface area contributed by atoms with Crippen LogP contribution < -0.4 is 9.46 Å². The standard InChI is InChI=1S/C8H15N5O3S/c1-2-16-8-9-7(10-11-8)12-17(14,15)13-5-3-4-6-13/h2-6H2,1H3,(H2,9,10,11,12). The van der Waals surface area contributed by atoms with Crippen LogP contribution in [0.3, 0.4) is 0 Å². The minimum absolute atomic E-state index is 0.0698. The summed E-state index contributed by atoms with van der Waals surface area (Å²) in [6.07, 6.45) is 1.78. The SMILES string of the molecule is CCOc1n[nH]c(NS(=O)(=O)N2CCCC2)n1. The van der Waals surface area contributed by atoms with Crippen molar-refractivity contribution < 1.29 is 13.2 Å². The molecule has 1 aliphatic heterocycles. The maximum Gasteiger partial charge on any atom is 0.337 e. The number of rotatable bonds is 5. The Morgan fingerprint density at radius 3 is 2.82 bits per heavy atom. The van der Waals surface area contributed by atoms with Gasteiger partial charge in [-0.25, -0.2) is 9.82 Å². The van der Waals surface area contributed by atoms with Gasteiger partial charge in [0.15, 0.2) is 0 Å². The Bertz CT molecular complexity index is 465. The average Bonchev–Trinajstić information content (AvgIpc) is 2.88. The zero-order chi connectivity index (χ0) is 12.3. The lowest BCUT2D eigenvalue weighted by Gasteiger charge is -2.14. The summed E-state index contributed by atoms with van der Waals surface area (Å²) in [6, 6.07) is 0.131. The smallest absolute Gasteiger partial charge is 0.337 e. The van der Waals surface area contributed by atoms with Crippen molar-refractivity contribution >= 4 is 16.2 Å². The Kier molecular flexibility index (Phi) is 3.48. The average molecular weight is 261 g/mol. The summed E-state index contributed by atoms with van der Waals surface area (Å²) in [5.41, 5.74) is 0. The Labute approximate surface area is 99.6 Å². The van der Waals surface area contributed by atoms with Crippen LogP contribution in [-0.2, 0) is 10.2 Å². The maximum absolute atomic E-state index is 11.9. The highest BCUT2D eigenvalue weighted by molar-refractivity contribution is 7.90. The Morgan fingerprint density at radius 2 is 2.18 bits per heavy atom. The lowest BCUT2D eigenvalue weighted by Crippen LogP contribution is -2.33. The van der Waals surface area contributed by atoms with Crippen molar-refractivity contribution in [1.29, 1.82) is 0 Å². The van der Waals surface area contributed by atoms with E-state index in [1.54, 1.807) is 6.92 Å². The second-order valence-corrected chi connectivity index (χ2v) is 5.28. The van der Waals surface area contributed by atoms with E-state index in [-0.39, 0.29) is 12.0 Å². The molecule has 1 saturated heterocycles. The predicted octanol–water partition coefficient (Wildman–Crippen LogP) is -0.0441. The summed E-state index contributed by atoms with van der Waals surface area (Å²) in [5.74, 6) is 0.0698. The number of aromatic amines is 1. The van der Waals surface area contributed by atoms with Gasteiger partial charge >= 0.3 is 16.2 Å². The second kappa shape index (κ2) is 4.88. The van der Waals surface area contributed by atoms with Crippen molar-refractivity contribution in [2.45, 2.75) is 19.8 Å². The molecule has 9 heteroatoms. The molecule has 0 spiro atoms. The quantitative estimate of drug-likeness (QED) is 0.774. The summed E-state index contributed by atoms with van der Waals surface area (Å²) in [6.45, 7) is 3.31. The van der Waals surface area contributed by atoms with Gasteiger partial charge in [-0.15, -0.1) is 5.10 Å². The third kappa shape index (κ3) is 2.86. The number of hydrogen-bond acceptors (Lipinski definition) is 5. The van der Waals surface area contributed by atoms with E-state index >= 15 is 0 Å². The number of anilines is 1. The van der Waals surface area contributed by atoms with E-state index in [1.165, 1.54) is 4.31 Å². The molecule has 2 rings (SSSR count). The van der Waals surface area contributed by atoms with E-state index in [9.17, 15) is 8.42 Å². The minimum atomic E-state index is -3.52. The molecular formula is C8H15N5O3S. The number of aromatic nitrogens is 3. The molecule has 0 saturated carbocycles.